The van der Waals surface area contributed by atoms with E-state index in [0.717, 1.165) is 35.5 Å². The molecule has 1 aliphatic carbocycles. The first-order chi connectivity index (χ1) is 20.7. The van der Waals surface area contributed by atoms with Gasteiger partial charge in [-0.3, -0.25) is 9.59 Å². The van der Waals surface area contributed by atoms with Gasteiger partial charge in [0.25, 0.3) is 0 Å². The van der Waals surface area contributed by atoms with Crippen LogP contribution >= 0.6 is 0 Å². The van der Waals surface area contributed by atoms with Gasteiger partial charge < -0.3 is 14.4 Å². The number of hydrogen-bond donors (Lipinski definition) is 0. The van der Waals surface area contributed by atoms with Gasteiger partial charge in [0.05, 0.1) is 5.57 Å². The second kappa shape index (κ2) is 11.4. The third-order valence-corrected chi connectivity index (χ3v) is 8.38. The lowest BCUT2D eigenvalue weighted by atomic mass is 9.97. The minimum Gasteiger partial charge on any atom is -0.462 e. The van der Waals surface area contributed by atoms with Crippen molar-refractivity contribution in [3.8, 4) is 5.75 Å². The number of carbonyl (C=O) groups is 2. The summed E-state index contributed by atoms with van der Waals surface area (Å²) < 4.78 is 12.3. The van der Waals surface area contributed by atoms with Crippen molar-refractivity contribution >= 4 is 22.8 Å². The van der Waals surface area contributed by atoms with Crippen LogP contribution in [0.3, 0.4) is 0 Å². The number of anilines is 1. The van der Waals surface area contributed by atoms with Crippen molar-refractivity contribution in [2.45, 2.75) is 46.6 Å². The van der Waals surface area contributed by atoms with E-state index in [-0.39, 0.29) is 17.1 Å². The summed E-state index contributed by atoms with van der Waals surface area (Å²) in [7, 11) is 2.08. The highest BCUT2D eigenvalue weighted by molar-refractivity contribution is 6.40. The maximum atomic E-state index is 13.1. The molecule has 3 aliphatic rings. The van der Waals surface area contributed by atoms with Crippen LogP contribution in [-0.2, 0) is 11.3 Å². The van der Waals surface area contributed by atoms with E-state index in [0.29, 0.717) is 39.9 Å². The minimum absolute atomic E-state index is 0.170. The van der Waals surface area contributed by atoms with Crippen LogP contribution in [0.25, 0.3) is 5.57 Å². The number of rotatable bonds is 6. The van der Waals surface area contributed by atoms with Crippen LogP contribution in [0.5, 0.6) is 5.75 Å². The first-order valence-electron chi connectivity index (χ1n) is 14.7. The predicted molar refractivity (Wildman–Crippen MR) is 171 cm³/mol. The Balaban J connectivity index is 1.24. The molecule has 3 aromatic rings. The molecule has 3 aromatic carbocycles. The fourth-order valence-electron chi connectivity index (χ4n) is 5.76. The molecule has 0 aromatic heterocycles. The van der Waals surface area contributed by atoms with E-state index in [4.69, 9.17) is 9.47 Å². The van der Waals surface area contributed by atoms with Crippen molar-refractivity contribution in [3.05, 3.63) is 147 Å². The molecule has 216 valence electrons. The highest BCUT2D eigenvalue weighted by Crippen LogP contribution is 2.38. The number of carbonyl (C=O) groups excluding carboxylic acids is 2. The Labute approximate surface area is 253 Å². The van der Waals surface area contributed by atoms with Crippen molar-refractivity contribution in [3.63, 3.8) is 0 Å². The SMILES string of the molecule is CCC(C)c1ccc(CN(C)c2ccc3c(c2)O/C(=C/C2=CC(=C4C(=O)c5ccccc5C4=O)C=C(C)O2)C=C3C)cc1. The van der Waals surface area contributed by atoms with Gasteiger partial charge in [0.1, 0.15) is 23.0 Å². The maximum Gasteiger partial charge on any atom is 0.198 e. The van der Waals surface area contributed by atoms with Crippen LogP contribution < -0.4 is 9.64 Å². The summed E-state index contributed by atoms with van der Waals surface area (Å²) in [5, 5.41) is 0. The van der Waals surface area contributed by atoms with Gasteiger partial charge in [-0.05, 0) is 78.8 Å². The van der Waals surface area contributed by atoms with E-state index >= 15 is 0 Å². The lowest BCUT2D eigenvalue weighted by Crippen LogP contribution is -2.17. The molecule has 5 heteroatoms. The Kier molecular flexibility index (Phi) is 7.49. The van der Waals surface area contributed by atoms with Gasteiger partial charge in [-0.15, -0.1) is 0 Å². The Morgan fingerprint density at radius 3 is 2.21 bits per heavy atom. The molecule has 2 aliphatic heterocycles. The van der Waals surface area contributed by atoms with Crippen LogP contribution in [0.4, 0.5) is 5.69 Å². The average molecular weight is 570 g/mol. The molecule has 0 radical (unpaired) electrons. The van der Waals surface area contributed by atoms with Gasteiger partial charge >= 0.3 is 0 Å². The van der Waals surface area contributed by atoms with Crippen LogP contribution in [0.2, 0.25) is 0 Å². The standard InChI is InChI=1S/C38H35NO4/c1-6-23(2)27-13-11-26(12-14-27)22-39(5)29-15-16-32-24(3)17-30(43-35(32)20-29)21-31-19-28(18-25(4)42-31)36-37(40)33-9-7-8-10-34(33)38(36)41/h7-21,23H,6,22H2,1-5H3/b30-21+. The molecule has 0 saturated carbocycles. The predicted octanol–water partition coefficient (Wildman–Crippen LogP) is 8.71. The summed E-state index contributed by atoms with van der Waals surface area (Å²) in [6, 6.07) is 22.1. The zero-order chi connectivity index (χ0) is 30.2. The molecule has 43 heavy (non-hydrogen) atoms. The second-order valence-electron chi connectivity index (χ2n) is 11.5. The van der Waals surface area contributed by atoms with Crippen molar-refractivity contribution < 1.29 is 19.1 Å². The number of Topliss-reactive ketones (excluding diaryl/α,β-unsaturated/α-hetero) is 2. The van der Waals surface area contributed by atoms with Gasteiger partial charge in [0, 0.05) is 48.1 Å². The number of ether oxygens (including phenoxy) is 2. The third-order valence-electron chi connectivity index (χ3n) is 8.38. The first-order valence-corrected chi connectivity index (χ1v) is 14.7. The third kappa shape index (κ3) is 5.51. The quantitative estimate of drug-likeness (QED) is 0.220. The number of benzene rings is 3. The number of hydrogen-bond acceptors (Lipinski definition) is 5. The Bertz CT molecular complexity index is 1760. The molecule has 0 spiro atoms. The van der Waals surface area contributed by atoms with Gasteiger partial charge in [-0.1, -0.05) is 62.4 Å². The van der Waals surface area contributed by atoms with Crippen LogP contribution in [0.15, 0.2) is 119 Å². The Hall–Kier alpha value is -4.90. The summed E-state index contributed by atoms with van der Waals surface area (Å²) in [5.41, 5.74) is 7.37. The van der Waals surface area contributed by atoms with E-state index in [1.54, 1.807) is 49.4 Å². The van der Waals surface area contributed by atoms with Crippen molar-refractivity contribution in [1.82, 2.24) is 0 Å². The molecular weight excluding hydrogens is 534 g/mol. The highest BCUT2D eigenvalue weighted by Gasteiger charge is 2.35. The topological polar surface area (TPSA) is 55.8 Å². The van der Waals surface area contributed by atoms with Gasteiger partial charge in [0.15, 0.2) is 11.6 Å². The molecule has 6 rings (SSSR count). The van der Waals surface area contributed by atoms with Crippen molar-refractivity contribution in [2.75, 3.05) is 11.9 Å². The van der Waals surface area contributed by atoms with Gasteiger partial charge in [-0.2, -0.15) is 0 Å². The minimum atomic E-state index is -0.258. The molecule has 0 saturated heterocycles. The molecule has 0 N–H and O–H groups in total. The molecule has 5 nitrogen and oxygen atoms in total. The smallest absolute Gasteiger partial charge is 0.198 e. The van der Waals surface area contributed by atoms with Crippen LogP contribution in [-0.4, -0.2) is 18.6 Å². The monoisotopic (exact) mass is 569 g/mol. The summed E-state index contributed by atoms with van der Waals surface area (Å²) >= 11 is 0. The number of fused-ring (bicyclic) bond motifs is 2. The zero-order valence-corrected chi connectivity index (χ0v) is 25.2. The molecule has 2 heterocycles. The molecule has 1 unspecified atom stereocenters. The lowest BCUT2D eigenvalue weighted by molar-refractivity contribution is 0.0987. The molecule has 0 bridgehead atoms. The largest absolute Gasteiger partial charge is 0.462 e. The summed E-state index contributed by atoms with van der Waals surface area (Å²) in [6.07, 6.45) is 8.37. The Morgan fingerprint density at radius 1 is 0.837 bits per heavy atom. The zero-order valence-electron chi connectivity index (χ0n) is 25.2. The number of nitrogens with zero attached hydrogens (tertiary/aromatic N) is 1. The first kappa shape index (κ1) is 28.2. The second-order valence-corrected chi connectivity index (χ2v) is 11.5. The van der Waals surface area contributed by atoms with E-state index in [1.807, 2.05) is 6.08 Å². The Morgan fingerprint density at radius 2 is 1.53 bits per heavy atom. The fourth-order valence-corrected chi connectivity index (χ4v) is 5.76. The van der Waals surface area contributed by atoms with Gasteiger partial charge in [-0.25, -0.2) is 0 Å². The van der Waals surface area contributed by atoms with Crippen LogP contribution in [0.1, 0.15) is 77.4 Å². The summed E-state index contributed by atoms with van der Waals surface area (Å²) in [6.45, 7) is 9.12. The fraction of sp³-hybridized carbons (Fsp3) is 0.211. The molecular formula is C38H35NO4. The maximum absolute atomic E-state index is 13.1. The van der Waals surface area contributed by atoms with Gasteiger partial charge in [0.2, 0.25) is 0 Å². The van der Waals surface area contributed by atoms with Crippen LogP contribution in [0, 0.1) is 0 Å². The van der Waals surface area contributed by atoms with Crippen molar-refractivity contribution in [1.29, 1.82) is 0 Å². The molecule has 0 fully saturated rings. The summed E-state index contributed by atoms with van der Waals surface area (Å²) in [5.74, 6) is 2.51. The number of ketones is 2. The highest BCUT2D eigenvalue weighted by atomic mass is 16.5. The van der Waals surface area contributed by atoms with E-state index in [9.17, 15) is 9.59 Å². The average Bonchev–Trinajstić information content (AvgIpc) is 3.26. The van der Waals surface area contributed by atoms with Crippen molar-refractivity contribution in [2.24, 2.45) is 0 Å². The van der Waals surface area contributed by atoms with E-state index in [2.05, 4.69) is 75.2 Å². The number of allylic oxidation sites excluding steroid dienone is 8. The summed E-state index contributed by atoms with van der Waals surface area (Å²) in [4.78, 5) is 28.4. The van der Waals surface area contributed by atoms with E-state index < -0.39 is 0 Å². The molecule has 0 amide bonds. The van der Waals surface area contributed by atoms with E-state index in [1.165, 1.54) is 11.1 Å². The normalized spacial score (nSPS) is 17.4. The lowest BCUT2D eigenvalue weighted by Gasteiger charge is -2.24. The molecule has 1 atom stereocenters.